The maximum Gasteiger partial charge on any atom is 0.265 e. The topological polar surface area (TPSA) is 84.2 Å². The van der Waals surface area contributed by atoms with Gasteiger partial charge in [0.15, 0.2) is 0 Å². The lowest BCUT2D eigenvalue weighted by molar-refractivity contribution is -0.000458. The summed E-state index contributed by atoms with van der Waals surface area (Å²) in [5.74, 6) is 0. The third-order valence-corrected chi connectivity index (χ3v) is 3.77. The predicted octanol–water partition coefficient (Wildman–Crippen LogP) is -0.0222. The molecular formula is C7H10ClF2N3O3S. The van der Waals surface area contributed by atoms with Crippen molar-refractivity contribution < 1.29 is 22.3 Å². The first kappa shape index (κ1) is 14.3. The Kier molecular flexibility index (Phi) is 4.42. The van der Waals surface area contributed by atoms with Crippen molar-refractivity contribution in [2.75, 3.05) is 6.54 Å². The number of sulfonamides is 1. The number of aryl methyl sites for hydroxylation is 1. The van der Waals surface area contributed by atoms with Gasteiger partial charge in [0.2, 0.25) is 5.03 Å². The van der Waals surface area contributed by atoms with Crippen LogP contribution in [0, 0.1) is 0 Å². The first-order valence-corrected chi connectivity index (χ1v) is 6.24. The van der Waals surface area contributed by atoms with Gasteiger partial charge in [0.1, 0.15) is 11.3 Å². The van der Waals surface area contributed by atoms with Crippen molar-refractivity contribution in [3.63, 3.8) is 0 Å². The highest BCUT2D eigenvalue weighted by molar-refractivity contribution is 7.89. The Balaban J connectivity index is 2.80. The maximum atomic E-state index is 12.0. The smallest absolute Gasteiger partial charge is 0.265 e. The molecule has 0 saturated carbocycles. The summed E-state index contributed by atoms with van der Waals surface area (Å²) >= 11 is 5.64. The molecule has 0 saturated heterocycles. The second-order valence-electron chi connectivity index (χ2n) is 3.21. The number of nitrogens with zero attached hydrogens (tertiary/aromatic N) is 2. The number of alkyl halides is 2. The van der Waals surface area contributed by atoms with E-state index in [2.05, 4.69) is 4.98 Å². The summed E-state index contributed by atoms with van der Waals surface area (Å²) in [6, 6.07) is 0. The number of aromatic nitrogens is 2. The molecule has 0 aliphatic carbocycles. The molecule has 10 heteroatoms. The van der Waals surface area contributed by atoms with E-state index in [0.29, 0.717) is 0 Å². The van der Waals surface area contributed by atoms with E-state index >= 15 is 0 Å². The third-order valence-electron chi connectivity index (χ3n) is 1.86. The standard InChI is InChI=1S/C7H10ClF2N3O3S/c1-13-3-11-7(5(13)8)17(15,16)12-2-4(14)6(9)10/h3-4,6,12,14H,2H2,1H3. The van der Waals surface area contributed by atoms with Crippen molar-refractivity contribution in [2.45, 2.75) is 17.6 Å². The van der Waals surface area contributed by atoms with E-state index in [0.717, 1.165) is 0 Å². The van der Waals surface area contributed by atoms with Gasteiger partial charge >= 0.3 is 0 Å². The van der Waals surface area contributed by atoms with Gasteiger partial charge in [0, 0.05) is 13.6 Å². The predicted molar refractivity (Wildman–Crippen MR) is 55.4 cm³/mol. The zero-order valence-corrected chi connectivity index (χ0v) is 10.2. The molecule has 0 aromatic carbocycles. The molecule has 2 N–H and O–H groups in total. The Morgan fingerprint density at radius 3 is 2.65 bits per heavy atom. The minimum atomic E-state index is -4.11. The first-order chi connectivity index (χ1) is 7.75. The molecule has 0 spiro atoms. The molecule has 0 bridgehead atoms. The summed E-state index contributed by atoms with van der Waals surface area (Å²) in [5, 5.41) is 8.16. The van der Waals surface area contributed by atoms with E-state index in [-0.39, 0.29) is 5.15 Å². The van der Waals surface area contributed by atoms with Crippen LogP contribution < -0.4 is 4.72 Å². The molecule has 1 rings (SSSR count). The van der Waals surface area contributed by atoms with E-state index in [1.807, 2.05) is 0 Å². The molecule has 0 aliphatic heterocycles. The van der Waals surface area contributed by atoms with Gasteiger partial charge in [0.25, 0.3) is 16.4 Å². The number of aliphatic hydroxyl groups is 1. The van der Waals surface area contributed by atoms with Crippen LogP contribution in [0.2, 0.25) is 5.15 Å². The van der Waals surface area contributed by atoms with Crippen LogP contribution in [-0.4, -0.2) is 42.1 Å². The second-order valence-corrected chi connectivity index (χ2v) is 5.25. The van der Waals surface area contributed by atoms with Crippen LogP contribution >= 0.6 is 11.6 Å². The number of nitrogens with one attached hydrogen (secondary N) is 1. The van der Waals surface area contributed by atoms with E-state index < -0.39 is 34.1 Å². The summed E-state index contributed by atoms with van der Waals surface area (Å²) in [6.45, 7) is -0.813. The lowest BCUT2D eigenvalue weighted by atomic mass is 10.4. The zero-order chi connectivity index (χ0) is 13.2. The third kappa shape index (κ3) is 3.35. The maximum absolute atomic E-state index is 12.0. The largest absolute Gasteiger partial charge is 0.386 e. The van der Waals surface area contributed by atoms with Crippen LogP contribution in [0.15, 0.2) is 11.4 Å². The Hall–Kier alpha value is -0.770. The Morgan fingerprint density at radius 2 is 2.24 bits per heavy atom. The van der Waals surface area contributed by atoms with Crippen LogP contribution in [-0.2, 0) is 17.1 Å². The summed E-state index contributed by atoms with van der Waals surface area (Å²) in [5.41, 5.74) is 0. The number of aliphatic hydroxyl groups excluding tert-OH is 1. The SMILES string of the molecule is Cn1cnc(S(=O)(=O)NCC(O)C(F)F)c1Cl. The molecule has 0 radical (unpaired) electrons. The van der Waals surface area contributed by atoms with Gasteiger partial charge < -0.3 is 9.67 Å². The average molecular weight is 290 g/mol. The molecule has 1 aromatic heterocycles. The van der Waals surface area contributed by atoms with E-state index in [1.54, 1.807) is 4.72 Å². The van der Waals surface area contributed by atoms with Gasteiger partial charge in [-0.2, -0.15) is 0 Å². The molecular weight excluding hydrogens is 280 g/mol. The van der Waals surface area contributed by atoms with Crippen LogP contribution in [0.1, 0.15) is 0 Å². The van der Waals surface area contributed by atoms with Crippen LogP contribution in [0.25, 0.3) is 0 Å². The molecule has 6 nitrogen and oxygen atoms in total. The van der Waals surface area contributed by atoms with Gasteiger partial charge in [-0.3, -0.25) is 0 Å². The highest BCUT2D eigenvalue weighted by Crippen LogP contribution is 2.18. The minimum absolute atomic E-state index is 0.149. The van der Waals surface area contributed by atoms with Crippen LogP contribution in [0.4, 0.5) is 8.78 Å². The van der Waals surface area contributed by atoms with Crippen LogP contribution in [0.5, 0.6) is 0 Å². The van der Waals surface area contributed by atoms with E-state index in [4.69, 9.17) is 16.7 Å². The molecule has 98 valence electrons. The average Bonchev–Trinajstić information content (AvgIpc) is 2.56. The van der Waals surface area contributed by atoms with Gasteiger partial charge in [-0.05, 0) is 0 Å². The summed E-state index contributed by atoms with van der Waals surface area (Å²) < 4.78 is 50.1. The van der Waals surface area contributed by atoms with Crippen molar-refractivity contribution in [3.8, 4) is 0 Å². The lowest BCUT2D eigenvalue weighted by Gasteiger charge is -2.10. The quantitative estimate of drug-likeness (QED) is 0.798. The van der Waals surface area contributed by atoms with Crippen molar-refractivity contribution in [2.24, 2.45) is 7.05 Å². The first-order valence-electron chi connectivity index (χ1n) is 4.38. The molecule has 0 aliphatic rings. The van der Waals surface area contributed by atoms with Crippen molar-refractivity contribution >= 4 is 21.6 Å². The Bertz CT molecular complexity index is 491. The number of hydrogen-bond donors (Lipinski definition) is 2. The number of rotatable bonds is 5. The number of imidazole rings is 1. The molecule has 1 atom stereocenters. The van der Waals surface area contributed by atoms with Gasteiger partial charge in [-0.25, -0.2) is 26.9 Å². The molecule has 17 heavy (non-hydrogen) atoms. The van der Waals surface area contributed by atoms with E-state index in [9.17, 15) is 17.2 Å². The molecule has 1 aromatic rings. The highest BCUT2D eigenvalue weighted by atomic mass is 35.5. The molecule has 1 heterocycles. The van der Waals surface area contributed by atoms with Gasteiger partial charge in [-0.15, -0.1) is 0 Å². The normalized spacial score (nSPS) is 14.2. The van der Waals surface area contributed by atoms with Crippen molar-refractivity contribution in [1.29, 1.82) is 0 Å². The lowest BCUT2D eigenvalue weighted by Crippen LogP contribution is -2.36. The number of halogens is 3. The van der Waals surface area contributed by atoms with Crippen molar-refractivity contribution in [3.05, 3.63) is 11.5 Å². The molecule has 1 unspecified atom stereocenters. The monoisotopic (exact) mass is 289 g/mol. The summed E-state index contributed by atoms with van der Waals surface area (Å²) in [7, 11) is -2.63. The van der Waals surface area contributed by atoms with Crippen LogP contribution in [0.3, 0.4) is 0 Å². The summed E-state index contributed by atoms with van der Waals surface area (Å²) in [6.07, 6.45) is -3.94. The number of hydrogen-bond acceptors (Lipinski definition) is 4. The highest BCUT2D eigenvalue weighted by Gasteiger charge is 2.25. The second kappa shape index (κ2) is 5.25. The van der Waals surface area contributed by atoms with Gasteiger partial charge in [0.05, 0.1) is 6.33 Å². The zero-order valence-electron chi connectivity index (χ0n) is 8.64. The fourth-order valence-electron chi connectivity index (χ4n) is 0.927. The molecule has 0 fully saturated rings. The minimum Gasteiger partial charge on any atom is -0.386 e. The van der Waals surface area contributed by atoms with Gasteiger partial charge in [-0.1, -0.05) is 11.6 Å². The van der Waals surface area contributed by atoms with E-state index in [1.165, 1.54) is 17.9 Å². The Labute approximate surface area is 101 Å². The fraction of sp³-hybridized carbons (Fsp3) is 0.571. The fourth-order valence-corrected chi connectivity index (χ4v) is 2.40. The summed E-state index contributed by atoms with van der Waals surface area (Å²) in [4.78, 5) is 3.52. The Morgan fingerprint density at radius 1 is 1.65 bits per heavy atom. The molecule has 0 amide bonds. The van der Waals surface area contributed by atoms with Crippen molar-refractivity contribution in [1.82, 2.24) is 14.3 Å².